The largest absolute Gasteiger partial charge is 0.506 e. The number of nitrogens with one attached hydrogen (secondary N) is 1. The molecular weight excluding hydrogens is 350 g/mol. The molecule has 1 saturated heterocycles. The SMILES string of the molecule is O=[N+]([O-])c1cc(Br)c(O)c([C@H](CC2CC2)N2CCNCC2)c1. The molecule has 1 aromatic carbocycles. The first-order valence-corrected chi connectivity index (χ1v) is 8.47. The predicted molar refractivity (Wildman–Crippen MR) is 87.0 cm³/mol. The number of nitro benzene ring substituents is 1. The summed E-state index contributed by atoms with van der Waals surface area (Å²) in [4.78, 5) is 13.1. The van der Waals surface area contributed by atoms with Gasteiger partial charge in [0.15, 0.2) is 0 Å². The molecule has 1 aromatic rings. The van der Waals surface area contributed by atoms with E-state index in [9.17, 15) is 15.2 Å². The number of phenols is 1. The highest BCUT2D eigenvalue weighted by Crippen LogP contribution is 2.45. The normalized spacial score (nSPS) is 20.8. The molecule has 0 amide bonds. The van der Waals surface area contributed by atoms with Gasteiger partial charge in [0.2, 0.25) is 0 Å². The van der Waals surface area contributed by atoms with Crippen LogP contribution in [0.4, 0.5) is 5.69 Å². The zero-order valence-electron chi connectivity index (χ0n) is 12.3. The lowest BCUT2D eigenvalue weighted by atomic mass is 9.97. The third-order valence-electron chi connectivity index (χ3n) is 4.49. The molecule has 0 radical (unpaired) electrons. The molecule has 2 N–H and O–H groups in total. The molecule has 0 unspecified atom stereocenters. The molecule has 2 aliphatic rings. The smallest absolute Gasteiger partial charge is 0.271 e. The Labute approximate surface area is 137 Å². The molecule has 1 saturated carbocycles. The maximum Gasteiger partial charge on any atom is 0.271 e. The maximum absolute atomic E-state index is 11.1. The summed E-state index contributed by atoms with van der Waals surface area (Å²) in [5, 5.41) is 24.9. The van der Waals surface area contributed by atoms with Gasteiger partial charge in [0.25, 0.3) is 5.69 Å². The van der Waals surface area contributed by atoms with Gasteiger partial charge in [0, 0.05) is 49.9 Å². The van der Waals surface area contributed by atoms with Gasteiger partial charge < -0.3 is 10.4 Å². The van der Waals surface area contributed by atoms with Crippen LogP contribution in [0, 0.1) is 16.0 Å². The van der Waals surface area contributed by atoms with E-state index in [0.29, 0.717) is 16.0 Å². The zero-order chi connectivity index (χ0) is 15.7. The van der Waals surface area contributed by atoms with E-state index >= 15 is 0 Å². The van der Waals surface area contributed by atoms with E-state index in [1.54, 1.807) is 0 Å². The Bertz CT molecular complexity index is 571. The minimum Gasteiger partial charge on any atom is -0.506 e. The quantitative estimate of drug-likeness (QED) is 0.616. The highest BCUT2D eigenvalue weighted by Gasteiger charge is 2.33. The number of non-ortho nitro benzene ring substituents is 1. The van der Waals surface area contributed by atoms with Crippen LogP contribution in [-0.4, -0.2) is 41.1 Å². The van der Waals surface area contributed by atoms with Crippen LogP contribution in [0.25, 0.3) is 0 Å². The van der Waals surface area contributed by atoms with Crippen LogP contribution >= 0.6 is 15.9 Å². The van der Waals surface area contributed by atoms with Crippen molar-refractivity contribution >= 4 is 21.6 Å². The Morgan fingerprint density at radius 3 is 2.68 bits per heavy atom. The summed E-state index contributed by atoms with van der Waals surface area (Å²) in [6.45, 7) is 3.63. The van der Waals surface area contributed by atoms with E-state index in [-0.39, 0.29) is 17.5 Å². The fourth-order valence-electron chi connectivity index (χ4n) is 3.10. The lowest BCUT2D eigenvalue weighted by molar-refractivity contribution is -0.385. The first-order valence-electron chi connectivity index (χ1n) is 7.68. The molecule has 1 aliphatic carbocycles. The summed E-state index contributed by atoms with van der Waals surface area (Å²) in [5.74, 6) is 0.812. The van der Waals surface area contributed by atoms with Crippen LogP contribution in [0.3, 0.4) is 0 Å². The van der Waals surface area contributed by atoms with E-state index in [1.165, 1.54) is 25.0 Å². The Balaban J connectivity index is 1.96. The minimum atomic E-state index is -0.403. The average Bonchev–Trinajstić information content (AvgIpc) is 3.32. The van der Waals surface area contributed by atoms with Crippen LogP contribution < -0.4 is 5.32 Å². The van der Waals surface area contributed by atoms with Crippen LogP contribution in [0.1, 0.15) is 30.9 Å². The number of hydrogen-bond acceptors (Lipinski definition) is 5. The van der Waals surface area contributed by atoms with Crippen LogP contribution in [0.15, 0.2) is 16.6 Å². The summed E-state index contributed by atoms with van der Waals surface area (Å²) >= 11 is 3.25. The molecule has 3 rings (SSSR count). The van der Waals surface area contributed by atoms with Crippen molar-refractivity contribution in [2.45, 2.75) is 25.3 Å². The lowest BCUT2D eigenvalue weighted by Crippen LogP contribution is -2.45. The number of phenolic OH excluding ortho intramolecular Hbond substituents is 1. The fraction of sp³-hybridized carbons (Fsp3) is 0.600. The van der Waals surface area contributed by atoms with Crippen LogP contribution in [0.5, 0.6) is 5.75 Å². The Kier molecular flexibility index (Phi) is 4.65. The molecule has 120 valence electrons. The number of nitrogens with zero attached hydrogens (tertiary/aromatic N) is 2. The van der Waals surface area contributed by atoms with Gasteiger partial charge in [-0.15, -0.1) is 0 Å². The van der Waals surface area contributed by atoms with Gasteiger partial charge in [0.05, 0.1) is 9.40 Å². The number of halogens is 1. The topological polar surface area (TPSA) is 78.6 Å². The number of piperazine rings is 1. The Morgan fingerprint density at radius 1 is 1.41 bits per heavy atom. The van der Waals surface area contributed by atoms with Crippen LogP contribution in [0.2, 0.25) is 0 Å². The summed E-state index contributed by atoms with van der Waals surface area (Å²) < 4.78 is 0.396. The van der Waals surface area contributed by atoms with E-state index in [2.05, 4.69) is 26.1 Å². The van der Waals surface area contributed by atoms with Gasteiger partial charge >= 0.3 is 0 Å². The standard InChI is InChI=1S/C15H20BrN3O3/c16-13-9-11(19(21)22)8-12(15(13)20)14(7-10-1-2-10)18-5-3-17-4-6-18/h8-10,14,17,20H,1-7H2/t14-/m0/s1. The zero-order valence-corrected chi connectivity index (χ0v) is 13.9. The minimum absolute atomic E-state index is 0.0237. The number of aromatic hydroxyl groups is 1. The third kappa shape index (κ3) is 3.42. The van der Waals surface area contributed by atoms with Crippen molar-refractivity contribution in [3.63, 3.8) is 0 Å². The number of benzene rings is 1. The van der Waals surface area contributed by atoms with E-state index < -0.39 is 4.92 Å². The monoisotopic (exact) mass is 369 g/mol. The van der Waals surface area contributed by atoms with Crippen LogP contribution in [-0.2, 0) is 0 Å². The molecule has 7 heteroatoms. The average molecular weight is 370 g/mol. The fourth-order valence-corrected chi connectivity index (χ4v) is 3.56. The summed E-state index contributed by atoms with van der Waals surface area (Å²) in [6, 6.07) is 2.95. The van der Waals surface area contributed by atoms with Gasteiger partial charge in [-0.2, -0.15) is 0 Å². The molecule has 0 bridgehead atoms. The van der Waals surface area contributed by atoms with E-state index in [1.807, 2.05) is 0 Å². The molecule has 1 heterocycles. The van der Waals surface area contributed by atoms with Crippen molar-refractivity contribution in [3.8, 4) is 5.75 Å². The van der Waals surface area contributed by atoms with Crippen molar-refractivity contribution in [1.29, 1.82) is 0 Å². The third-order valence-corrected chi connectivity index (χ3v) is 5.10. The molecule has 2 fully saturated rings. The van der Waals surface area contributed by atoms with Gasteiger partial charge in [-0.3, -0.25) is 15.0 Å². The molecule has 6 nitrogen and oxygen atoms in total. The molecule has 0 spiro atoms. The first kappa shape index (κ1) is 15.7. The van der Waals surface area contributed by atoms with E-state index in [4.69, 9.17) is 0 Å². The lowest BCUT2D eigenvalue weighted by Gasteiger charge is -2.35. The van der Waals surface area contributed by atoms with Crippen molar-refractivity contribution in [3.05, 3.63) is 32.3 Å². The van der Waals surface area contributed by atoms with Crippen molar-refractivity contribution in [2.24, 2.45) is 5.92 Å². The molecule has 22 heavy (non-hydrogen) atoms. The van der Waals surface area contributed by atoms with E-state index in [0.717, 1.165) is 32.6 Å². The summed E-state index contributed by atoms with van der Waals surface area (Å²) in [7, 11) is 0. The number of hydrogen-bond donors (Lipinski definition) is 2. The van der Waals surface area contributed by atoms with Crippen molar-refractivity contribution in [1.82, 2.24) is 10.2 Å². The first-order chi connectivity index (χ1) is 10.6. The van der Waals surface area contributed by atoms with Crippen molar-refractivity contribution in [2.75, 3.05) is 26.2 Å². The summed E-state index contributed by atoms with van der Waals surface area (Å²) in [6.07, 6.45) is 3.40. The molecular formula is C15H20BrN3O3. The molecule has 1 aliphatic heterocycles. The van der Waals surface area contributed by atoms with Gasteiger partial charge in [-0.25, -0.2) is 0 Å². The second-order valence-corrected chi connectivity index (χ2v) is 6.96. The highest BCUT2D eigenvalue weighted by molar-refractivity contribution is 9.10. The molecule has 0 aromatic heterocycles. The number of rotatable bonds is 5. The second-order valence-electron chi connectivity index (χ2n) is 6.10. The predicted octanol–water partition coefficient (Wildman–Crippen LogP) is 2.81. The molecule has 1 atom stereocenters. The Hall–Kier alpha value is -1.18. The summed E-state index contributed by atoms with van der Waals surface area (Å²) in [5.41, 5.74) is 0.700. The van der Waals surface area contributed by atoms with Gasteiger partial charge in [-0.05, 0) is 28.3 Å². The van der Waals surface area contributed by atoms with Gasteiger partial charge in [-0.1, -0.05) is 12.8 Å². The second kappa shape index (κ2) is 6.52. The van der Waals surface area contributed by atoms with Gasteiger partial charge in [0.1, 0.15) is 5.75 Å². The highest BCUT2D eigenvalue weighted by atomic mass is 79.9. The maximum atomic E-state index is 11.1. The Morgan fingerprint density at radius 2 is 2.09 bits per heavy atom. The number of nitro groups is 1. The van der Waals surface area contributed by atoms with Crippen molar-refractivity contribution < 1.29 is 10.0 Å².